The number of aromatic nitrogens is 2. The monoisotopic (exact) mass is 397 g/mol. The summed E-state index contributed by atoms with van der Waals surface area (Å²) in [4.78, 5) is 24.2. The Morgan fingerprint density at radius 1 is 1.14 bits per heavy atom. The van der Waals surface area contributed by atoms with Gasteiger partial charge in [0.25, 0.3) is 5.89 Å². The van der Waals surface area contributed by atoms with Gasteiger partial charge >= 0.3 is 0 Å². The summed E-state index contributed by atoms with van der Waals surface area (Å²) in [6, 6.07) is 9.11. The molecule has 0 N–H and O–H groups in total. The van der Waals surface area contributed by atoms with Crippen LogP contribution in [0.4, 0.5) is 5.69 Å². The number of hydrogen-bond acceptors (Lipinski definition) is 6. The lowest BCUT2D eigenvalue weighted by molar-refractivity contribution is -0.138. The van der Waals surface area contributed by atoms with Gasteiger partial charge in [0.2, 0.25) is 5.91 Å². The predicted octanol–water partition coefficient (Wildman–Crippen LogP) is 2.81. The van der Waals surface area contributed by atoms with Crippen molar-refractivity contribution < 1.29 is 9.32 Å². The summed E-state index contributed by atoms with van der Waals surface area (Å²) < 4.78 is 5.23. The Bertz CT molecular complexity index is 847. The maximum atomic E-state index is 13.1. The van der Waals surface area contributed by atoms with Crippen LogP contribution in [0.25, 0.3) is 11.5 Å². The SMILES string of the molecule is Cc1noc(-c2ccc(N3CC[C@H](C(=O)N4CCN(C(C)C)[C@@H](C)C4)C3)cc2)n1. The Morgan fingerprint density at radius 3 is 2.52 bits per heavy atom. The van der Waals surface area contributed by atoms with Gasteiger partial charge in [0.1, 0.15) is 0 Å². The van der Waals surface area contributed by atoms with Crippen LogP contribution >= 0.6 is 0 Å². The van der Waals surface area contributed by atoms with E-state index in [1.54, 1.807) is 0 Å². The lowest BCUT2D eigenvalue weighted by Gasteiger charge is -2.42. The molecule has 1 amide bonds. The summed E-state index contributed by atoms with van der Waals surface area (Å²) in [5, 5.41) is 3.84. The van der Waals surface area contributed by atoms with Gasteiger partial charge in [0, 0.05) is 56.1 Å². The number of carbonyl (C=O) groups excluding carboxylic acids is 1. The smallest absolute Gasteiger partial charge is 0.257 e. The van der Waals surface area contributed by atoms with E-state index in [-0.39, 0.29) is 5.92 Å². The molecule has 2 atom stereocenters. The molecule has 156 valence electrons. The predicted molar refractivity (Wildman–Crippen MR) is 113 cm³/mol. The van der Waals surface area contributed by atoms with Crippen LogP contribution in [0.2, 0.25) is 0 Å². The zero-order valence-corrected chi connectivity index (χ0v) is 17.8. The van der Waals surface area contributed by atoms with Crippen molar-refractivity contribution in [1.29, 1.82) is 0 Å². The van der Waals surface area contributed by atoms with Gasteiger partial charge in [-0.05, 0) is 58.4 Å². The first-order chi connectivity index (χ1) is 13.9. The van der Waals surface area contributed by atoms with Gasteiger partial charge in [-0.1, -0.05) is 5.16 Å². The standard InChI is InChI=1S/C22H31N5O2/c1-15(2)27-12-11-26(13-16(27)3)22(28)19-9-10-25(14-19)20-7-5-18(6-8-20)21-23-17(4)24-29-21/h5-8,15-16,19H,9-14H2,1-4H3/t16-,19-/m0/s1. The van der Waals surface area contributed by atoms with E-state index >= 15 is 0 Å². The van der Waals surface area contributed by atoms with E-state index in [1.807, 2.05) is 19.1 Å². The topological polar surface area (TPSA) is 65.7 Å². The maximum Gasteiger partial charge on any atom is 0.257 e. The number of benzene rings is 1. The largest absolute Gasteiger partial charge is 0.371 e. The van der Waals surface area contributed by atoms with Crippen LogP contribution in [0.3, 0.4) is 0 Å². The molecule has 2 aliphatic heterocycles. The molecular formula is C22H31N5O2. The first-order valence-electron chi connectivity index (χ1n) is 10.6. The van der Waals surface area contributed by atoms with Gasteiger partial charge in [-0.25, -0.2) is 0 Å². The summed E-state index contributed by atoms with van der Waals surface area (Å²) in [7, 11) is 0. The third-order valence-electron chi connectivity index (χ3n) is 6.20. The van der Waals surface area contributed by atoms with Gasteiger partial charge in [0.05, 0.1) is 5.92 Å². The zero-order chi connectivity index (χ0) is 20.5. The average molecular weight is 398 g/mol. The molecule has 0 aliphatic carbocycles. The lowest BCUT2D eigenvalue weighted by Crippen LogP contribution is -2.56. The van der Waals surface area contributed by atoms with Crippen molar-refractivity contribution in [1.82, 2.24) is 19.9 Å². The van der Waals surface area contributed by atoms with E-state index in [9.17, 15) is 4.79 Å². The van der Waals surface area contributed by atoms with E-state index in [1.165, 1.54) is 0 Å². The highest BCUT2D eigenvalue weighted by atomic mass is 16.5. The Hall–Kier alpha value is -2.41. The molecule has 2 saturated heterocycles. The van der Waals surface area contributed by atoms with Crippen molar-refractivity contribution in [3.8, 4) is 11.5 Å². The van der Waals surface area contributed by atoms with Crippen LogP contribution in [0.15, 0.2) is 28.8 Å². The van der Waals surface area contributed by atoms with Crippen LogP contribution in [0.5, 0.6) is 0 Å². The molecule has 1 aromatic heterocycles. The summed E-state index contributed by atoms with van der Waals surface area (Å²) in [5.41, 5.74) is 2.05. The second-order valence-corrected chi connectivity index (χ2v) is 8.59. The third-order valence-corrected chi connectivity index (χ3v) is 6.20. The molecule has 7 heteroatoms. The molecule has 2 aromatic rings. The van der Waals surface area contributed by atoms with Gasteiger partial charge < -0.3 is 14.3 Å². The van der Waals surface area contributed by atoms with E-state index < -0.39 is 0 Å². The Labute approximate surface area is 172 Å². The number of rotatable bonds is 4. The minimum atomic E-state index is 0.0890. The number of amides is 1. The van der Waals surface area contributed by atoms with Gasteiger partial charge in [-0.2, -0.15) is 4.98 Å². The van der Waals surface area contributed by atoms with Crippen LogP contribution in [0, 0.1) is 12.8 Å². The number of anilines is 1. The fraction of sp³-hybridized carbons (Fsp3) is 0.591. The highest BCUT2D eigenvalue weighted by Gasteiger charge is 2.35. The normalized spacial score (nSPS) is 23.2. The molecule has 4 rings (SSSR count). The first-order valence-corrected chi connectivity index (χ1v) is 10.6. The minimum Gasteiger partial charge on any atom is -0.371 e. The van der Waals surface area contributed by atoms with Crippen molar-refractivity contribution >= 4 is 11.6 Å². The molecule has 2 fully saturated rings. The summed E-state index contributed by atoms with van der Waals surface area (Å²) in [5.74, 6) is 1.58. The van der Waals surface area contributed by atoms with Crippen molar-refractivity contribution in [2.75, 3.05) is 37.6 Å². The van der Waals surface area contributed by atoms with E-state index in [2.05, 4.69) is 57.7 Å². The first kappa shape index (κ1) is 19.9. The van der Waals surface area contributed by atoms with Crippen molar-refractivity contribution in [3.63, 3.8) is 0 Å². The molecule has 0 radical (unpaired) electrons. The van der Waals surface area contributed by atoms with Crippen LogP contribution in [0.1, 0.15) is 33.0 Å². The summed E-state index contributed by atoms with van der Waals surface area (Å²) in [6.45, 7) is 12.9. The molecule has 0 saturated carbocycles. The fourth-order valence-corrected chi connectivity index (χ4v) is 4.62. The highest BCUT2D eigenvalue weighted by Crippen LogP contribution is 2.28. The quantitative estimate of drug-likeness (QED) is 0.790. The van der Waals surface area contributed by atoms with Gasteiger partial charge in [-0.15, -0.1) is 0 Å². The van der Waals surface area contributed by atoms with Crippen molar-refractivity contribution in [2.24, 2.45) is 5.92 Å². The van der Waals surface area contributed by atoms with Gasteiger partial charge in [0.15, 0.2) is 5.82 Å². The molecular weight excluding hydrogens is 366 g/mol. The summed E-state index contributed by atoms with van der Waals surface area (Å²) >= 11 is 0. The number of carbonyl (C=O) groups is 1. The number of piperazine rings is 1. The third kappa shape index (κ3) is 4.15. The van der Waals surface area contributed by atoms with Gasteiger partial charge in [-0.3, -0.25) is 9.69 Å². The van der Waals surface area contributed by atoms with Crippen LogP contribution < -0.4 is 4.90 Å². The molecule has 29 heavy (non-hydrogen) atoms. The Morgan fingerprint density at radius 2 is 1.90 bits per heavy atom. The van der Waals surface area contributed by atoms with E-state index in [4.69, 9.17) is 4.52 Å². The minimum absolute atomic E-state index is 0.0890. The second-order valence-electron chi connectivity index (χ2n) is 8.59. The molecule has 7 nitrogen and oxygen atoms in total. The molecule has 2 aliphatic rings. The molecule has 0 bridgehead atoms. The van der Waals surface area contributed by atoms with Crippen LogP contribution in [-0.4, -0.2) is 70.7 Å². The Kier molecular flexibility index (Phi) is 5.58. The fourth-order valence-electron chi connectivity index (χ4n) is 4.62. The Balaban J connectivity index is 1.36. The zero-order valence-electron chi connectivity index (χ0n) is 17.8. The molecule has 1 aromatic carbocycles. The number of nitrogens with zero attached hydrogens (tertiary/aromatic N) is 5. The van der Waals surface area contributed by atoms with E-state index in [0.717, 1.165) is 50.4 Å². The van der Waals surface area contributed by atoms with E-state index in [0.29, 0.717) is 29.7 Å². The average Bonchev–Trinajstić information content (AvgIpc) is 3.36. The van der Waals surface area contributed by atoms with Crippen molar-refractivity contribution in [3.05, 3.63) is 30.1 Å². The maximum absolute atomic E-state index is 13.1. The summed E-state index contributed by atoms with van der Waals surface area (Å²) in [6.07, 6.45) is 0.919. The molecule has 3 heterocycles. The number of hydrogen-bond donors (Lipinski definition) is 0. The number of aryl methyl sites for hydroxylation is 1. The molecule has 0 spiro atoms. The lowest BCUT2D eigenvalue weighted by atomic mass is 10.0. The second kappa shape index (κ2) is 8.14. The van der Waals surface area contributed by atoms with Crippen molar-refractivity contribution in [2.45, 2.75) is 46.2 Å². The molecule has 0 unspecified atom stereocenters. The highest BCUT2D eigenvalue weighted by molar-refractivity contribution is 5.80. The van der Waals surface area contributed by atoms with Crippen LogP contribution in [-0.2, 0) is 4.79 Å².